The number of rotatable bonds is 4. The molecule has 0 spiro atoms. The van der Waals surface area contributed by atoms with Gasteiger partial charge in [0.15, 0.2) is 0 Å². The maximum Gasteiger partial charge on any atom is 0.244 e. The summed E-state index contributed by atoms with van der Waals surface area (Å²) in [6.07, 6.45) is 4.15. The lowest BCUT2D eigenvalue weighted by atomic mass is 10.1. The lowest BCUT2D eigenvalue weighted by Gasteiger charge is -2.18. The number of fused-ring (bicyclic) bond motifs is 1. The van der Waals surface area contributed by atoms with Gasteiger partial charge in [0.05, 0.1) is 12.6 Å². The van der Waals surface area contributed by atoms with Gasteiger partial charge in [-0.3, -0.25) is 10.1 Å². The average molecular weight is 346 g/mol. The number of hydrogen-bond acceptors (Lipinski definition) is 4. The number of hydrogen-bond donors (Lipinski definition) is 1. The molecule has 1 amide bonds. The molecule has 1 aromatic carbocycles. The molecule has 3 heterocycles. The molecule has 0 radical (unpaired) electrons. The minimum absolute atomic E-state index is 0.107. The summed E-state index contributed by atoms with van der Waals surface area (Å²) in [6.45, 7) is 2.28. The van der Waals surface area contributed by atoms with E-state index in [1.807, 2.05) is 29.2 Å². The van der Waals surface area contributed by atoms with Crippen molar-refractivity contribution in [3.63, 3.8) is 0 Å². The van der Waals surface area contributed by atoms with Gasteiger partial charge in [0.1, 0.15) is 11.6 Å². The number of aryl methyl sites for hydroxylation is 1. The van der Waals surface area contributed by atoms with E-state index in [0.717, 1.165) is 43.3 Å². The first-order chi connectivity index (χ1) is 11.7. The van der Waals surface area contributed by atoms with Crippen LogP contribution in [0, 0.1) is 0 Å². The summed E-state index contributed by atoms with van der Waals surface area (Å²) in [5.74, 6) is 2.11. The van der Waals surface area contributed by atoms with Crippen molar-refractivity contribution in [3.05, 3.63) is 40.9 Å². The number of nitrogens with one attached hydrogen (secondary N) is 1. The Morgan fingerprint density at radius 2 is 2.00 bits per heavy atom. The van der Waals surface area contributed by atoms with Gasteiger partial charge in [0.25, 0.3) is 0 Å². The van der Waals surface area contributed by atoms with Crippen molar-refractivity contribution in [3.8, 4) is 0 Å². The number of aromatic nitrogens is 3. The number of benzene rings is 1. The Morgan fingerprint density at radius 1 is 1.17 bits per heavy atom. The molecule has 2 aromatic rings. The summed E-state index contributed by atoms with van der Waals surface area (Å²) in [5, 5.41) is 12.6. The first kappa shape index (κ1) is 15.6. The second-order valence-electron chi connectivity index (χ2n) is 6.33. The lowest BCUT2D eigenvalue weighted by Crippen LogP contribution is -2.38. The molecule has 1 aromatic heterocycles. The highest BCUT2D eigenvalue weighted by Gasteiger charge is 2.32. The predicted molar refractivity (Wildman–Crippen MR) is 92.0 cm³/mol. The average Bonchev–Trinajstić information content (AvgIpc) is 3.18. The molecule has 1 atom stereocenters. The van der Waals surface area contributed by atoms with Gasteiger partial charge in [-0.05, 0) is 43.5 Å². The molecule has 0 aliphatic carbocycles. The molecule has 1 unspecified atom stereocenters. The third-order valence-electron chi connectivity index (χ3n) is 4.79. The van der Waals surface area contributed by atoms with Crippen molar-refractivity contribution in [1.29, 1.82) is 0 Å². The van der Waals surface area contributed by atoms with Gasteiger partial charge in [-0.1, -0.05) is 11.6 Å². The van der Waals surface area contributed by atoms with Crippen molar-refractivity contribution in [1.82, 2.24) is 20.1 Å². The molecule has 24 heavy (non-hydrogen) atoms. The normalized spacial score (nSPS) is 20.5. The third kappa shape index (κ3) is 2.91. The zero-order valence-corrected chi connectivity index (χ0v) is 14.2. The first-order valence-electron chi connectivity index (χ1n) is 8.43. The van der Waals surface area contributed by atoms with Crippen LogP contribution < -0.4 is 10.2 Å². The minimum Gasteiger partial charge on any atom is -0.314 e. The van der Waals surface area contributed by atoms with Crippen LogP contribution in [0.25, 0.3) is 0 Å². The number of halogens is 1. The highest BCUT2D eigenvalue weighted by atomic mass is 35.5. The lowest BCUT2D eigenvalue weighted by molar-refractivity contribution is -0.118. The van der Waals surface area contributed by atoms with Crippen LogP contribution in [-0.2, 0) is 24.3 Å². The van der Waals surface area contributed by atoms with Crippen LogP contribution in [0.15, 0.2) is 24.3 Å². The SMILES string of the molecule is O=C1C(NCc2nnc3n2CCCC3)CCN1c1ccc(Cl)cc1. The van der Waals surface area contributed by atoms with Crippen molar-refractivity contribution >= 4 is 23.2 Å². The summed E-state index contributed by atoms with van der Waals surface area (Å²) in [7, 11) is 0. The van der Waals surface area contributed by atoms with Gasteiger partial charge >= 0.3 is 0 Å². The van der Waals surface area contributed by atoms with Crippen LogP contribution in [-0.4, -0.2) is 33.3 Å². The van der Waals surface area contributed by atoms with Gasteiger partial charge in [0.2, 0.25) is 5.91 Å². The van der Waals surface area contributed by atoms with E-state index < -0.39 is 0 Å². The molecular weight excluding hydrogens is 326 g/mol. The summed E-state index contributed by atoms with van der Waals surface area (Å²) >= 11 is 5.92. The van der Waals surface area contributed by atoms with Crippen LogP contribution in [0.4, 0.5) is 5.69 Å². The molecule has 0 bridgehead atoms. The van der Waals surface area contributed by atoms with E-state index in [0.29, 0.717) is 11.6 Å². The van der Waals surface area contributed by atoms with Crippen LogP contribution in [0.1, 0.15) is 30.9 Å². The highest BCUT2D eigenvalue weighted by molar-refractivity contribution is 6.30. The second kappa shape index (κ2) is 6.53. The Balaban J connectivity index is 1.40. The van der Waals surface area contributed by atoms with Gasteiger partial charge in [-0.25, -0.2) is 0 Å². The van der Waals surface area contributed by atoms with Gasteiger partial charge in [0, 0.05) is 30.2 Å². The van der Waals surface area contributed by atoms with E-state index in [2.05, 4.69) is 20.1 Å². The monoisotopic (exact) mass is 345 g/mol. The number of amides is 1. The summed E-state index contributed by atoms with van der Waals surface area (Å²) < 4.78 is 2.19. The maximum absolute atomic E-state index is 12.6. The van der Waals surface area contributed by atoms with E-state index in [9.17, 15) is 4.79 Å². The van der Waals surface area contributed by atoms with Gasteiger partial charge in [-0.15, -0.1) is 10.2 Å². The molecule has 6 nitrogen and oxygen atoms in total. The quantitative estimate of drug-likeness (QED) is 0.922. The van der Waals surface area contributed by atoms with Crippen molar-refractivity contribution in [2.45, 2.75) is 44.8 Å². The Morgan fingerprint density at radius 3 is 2.83 bits per heavy atom. The fraction of sp³-hybridized carbons (Fsp3) is 0.471. The van der Waals surface area contributed by atoms with Crippen molar-refractivity contribution in [2.75, 3.05) is 11.4 Å². The van der Waals surface area contributed by atoms with E-state index in [4.69, 9.17) is 11.6 Å². The minimum atomic E-state index is -0.169. The molecule has 1 fully saturated rings. The van der Waals surface area contributed by atoms with E-state index in [1.54, 1.807) is 0 Å². The van der Waals surface area contributed by atoms with Crippen LogP contribution >= 0.6 is 11.6 Å². The maximum atomic E-state index is 12.6. The number of carbonyl (C=O) groups excluding carboxylic acids is 1. The number of carbonyl (C=O) groups is 1. The zero-order valence-electron chi connectivity index (χ0n) is 13.4. The van der Waals surface area contributed by atoms with Crippen molar-refractivity contribution in [2.24, 2.45) is 0 Å². The Labute approximate surface area is 145 Å². The van der Waals surface area contributed by atoms with Crippen molar-refractivity contribution < 1.29 is 4.79 Å². The molecule has 7 heteroatoms. The Bertz CT molecular complexity index is 742. The smallest absolute Gasteiger partial charge is 0.244 e. The van der Waals surface area contributed by atoms with Crippen LogP contribution in [0.5, 0.6) is 0 Å². The molecule has 1 saturated heterocycles. The Kier molecular flexibility index (Phi) is 4.24. The topological polar surface area (TPSA) is 63.1 Å². The summed E-state index contributed by atoms with van der Waals surface area (Å²) in [5.41, 5.74) is 0.897. The van der Waals surface area contributed by atoms with Crippen LogP contribution in [0.2, 0.25) is 5.02 Å². The largest absolute Gasteiger partial charge is 0.314 e. The Hall–Kier alpha value is -1.92. The summed E-state index contributed by atoms with van der Waals surface area (Å²) in [6, 6.07) is 7.23. The zero-order chi connectivity index (χ0) is 16.5. The molecule has 126 valence electrons. The van der Waals surface area contributed by atoms with Crippen LogP contribution in [0.3, 0.4) is 0 Å². The fourth-order valence-electron chi connectivity index (χ4n) is 3.46. The number of nitrogens with zero attached hydrogens (tertiary/aromatic N) is 4. The van der Waals surface area contributed by atoms with E-state index >= 15 is 0 Å². The molecule has 4 rings (SSSR count). The van der Waals surface area contributed by atoms with Gasteiger partial charge < -0.3 is 9.47 Å². The molecular formula is C17H20ClN5O. The summed E-state index contributed by atoms with van der Waals surface area (Å²) in [4.78, 5) is 14.4. The van der Waals surface area contributed by atoms with E-state index in [1.165, 1.54) is 12.8 Å². The molecule has 1 N–H and O–H groups in total. The standard InChI is InChI=1S/C17H20ClN5O/c18-12-4-6-13(7-5-12)22-10-8-14(17(22)24)19-11-16-21-20-15-3-1-2-9-23(15)16/h4-7,14,19H,1-3,8-11H2. The molecule has 2 aliphatic rings. The predicted octanol–water partition coefficient (Wildman–Crippen LogP) is 2.16. The van der Waals surface area contributed by atoms with Gasteiger partial charge in [-0.2, -0.15) is 0 Å². The molecule has 0 saturated carbocycles. The number of anilines is 1. The fourth-order valence-corrected chi connectivity index (χ4v) is 3.59. The van der Waals surface area contributed by atoms with E-state index in [-0.39, 0.29) is 11.9 Å². The molecule has 2 aliphatic heterocycles. The second-order valence-corrected chi connectivity index (χ2v) is 6.77. The third-order valence-corrected chi connectivity index (χ3v) is 5.04. The first-order valence-corrected chi connectivity index (χ1v) is 8.81. The highest BCUT2D eigenvalue weighted by Crippen LogP contribution is 2.23.